The summed E-state index contributed by atoms with van der Waals surface area (Å²) in [5, 5.41) is 4.00. The van der Waals surface area contributed by atoms with Crippen molar-refractivity contribution in [1.82, 2.24) is 10.3 Å². The summed E-state index contributed by atoms with van der Waals surface area (Å²) in [7, 11) is 0. The molecule has 5 heteroatoms. The zero-order chi connectivity index (χ0) is 14.1. The third-order valence-corrected chi connectivity index (χ3v) is 3.24. The fourth-order valence-electron chi connectivity index (χ4n) is 1.79. The van der Waals surface area contributed by atoms with Crippen molar-refractivity contribution in [3.8, 4) is 0 Å². The van der Waals surface area contributed by atoms with Crippen molar-refractivity contribution >= 4 is 17.4 Å². The molecule has 1 N–H and O–H groups in total. The summed E-state index contributed by atoms with van der Waals surface area (Å²) in [5.74, 6) is 0.958. The van der Waals surface area contributed by atoms with Gasteiger partial charge in [0.1, 0.15) is 5.82 Å². The SMILES string of the molecule is CCNCc1cc(N(CC)CCOCC)ncc1Cl. The number of hydrogen-bond acceptors (Lipinski definition) is 4. The first-order valence-electron chi connectivity index (χ1n) is 6.90. The Bertz CT molecular complexity index is 374. The van der Waals surface area contributed by atoms with E-state index in [1.165, 1.54) is 0 Å². The highest BCUT2D eigenvalue weighted by atomic mass is 35.5. The average molecular weight is 286 g/mol. The van der Waals surface area contributed by atoms with E-state index in [0.29, 0.717) is 5.02 Å². The van der Waals surface area contributed by atoms with Gasteiger partial charge >= 0.3 is 0 Å². The van der Waals surface area contributed by atoms with Crippen LogP contribution in [0, 0.1) is 0 Å². The van der Waals surface area contributed by atoms with Gasteiger partial charge in [-0.3, -0.25) is 0 Å². The Kier molecular flexibility index (Phi) is 7.79. The third kappa shape index (κ3) is 5.35. The van der Waals surface area contributed by atoms with E-state index in [1.54, 1.807) is 6.20 Å². The molecular formula is C14H24ClN3O. The van der Waals surface area contributed by atoms with Gasteiger partial charge in [0.2, 0.25) is 0 Å². The molecule has 0 aliphatic carbocycles. The lowest BCUT2D eigenvalue weighted by atomic mass is 10.2. The highest BCUT2D eigenvalue weighted by Gasteiger charge is 2.09. The molecule has 19 heavy (non-hydrogen) atoms. The number of aromatic nitrogens is 1. The Labute approximate surface area is 121 Å². The molecule has 1 heterocycles. The molecule has 0 radical (unpaired) electrons. The molecule has 0 spiro atoms. The van der Waals surface area contributed by atoms with E-state index in [9.17, 15) is 0 Å². The first kappa shape index (κ1) is 16.2. The highest BCUT2D eigenvalue weighted by molar-refractivity contribution is 6.31. The number of rotatable bonds is 9. The fraction of sp³-hybridized carbons (Fsp3) is 0.643. The van der Waals surface area contributed by atoms with Crippen LogP contribution in [0.3, 0.4) is 0 Å². The van der Waals surface area contributed by atoms with E-state index >= 15 is 0 Å². The molecule has 0 atom stereocenters. The van der Waals surface area contributed by atoms with Crippen LogP contribution in [0.5, 0.6) is 0 Å². The molecule has 0 fully saturated rings. The maximum absolute atomic E-state index is 6.16. The zero-order valence-corrected chi connectivity index (χ0v) is 12.8. The predicted octanol–water partition coefficient (Wildman–Crippen LogP) is 2.71. The molecular weight excluding hydrogens is 262 g/mol. The number of hydrogen-bond donors (Lipinski definition) is 1. The van der Waals surface area contributed by atoms with Crippen LogP contribution in [-0.2, 0) is 11.3 Å². The number of nitrogens with zero attached hydrogens (tertiary/aromatic N) is 2. The molecule has 0 saturated heterocycles. The van der Waals surface area contributed by atoms with Crippen LogP contribution in [0.1, 0.15) is 26.3 Å². The summed E-state index contributed by atoms with van der Waals surface area (Å²) >= 11 is 6.16. The molecule has 0 amide bonds. The van der Waals surface area contributed by atoms with E-state index in [4.69, 9.17) is 16.3 Å². The molecule has 0 saturated carbocycles. The molecule has 108 valence electrons. The number of halogens is 1. The van der Waals surface area contributed by atoms with Crippen LogP contribution in [0.2, 0.25) is 5.02 Å². The van der Waals surface area contributed by atoms with Gasteiger partial charge in [-0.15, -0.1) is 0 Å². The normalized spacial score (nSPS) is 10.7. The third-order valence-electron chi connectivity index (χ3n) is 2.90. The second kappa shape index (κ2) is 9.13. The summed E-state index contributed by atoms with van der Waals surface area (Å²) in [6.07, 6.45) is 1.73. The van der Waals surface area contributed by atoms with Crippen LogP contribution in [0.4, 0.5) is 5.82 Å². The lowest BCUT2D eigenvalue weighted by Crippen LogP contribution is -2.28. The first-order valence-corrected chi connectivity index (χ1v) is 7.28. The molecule has 1 aromatic heterocycles. The van der Waals surface area contributed by atoms with Gasteiger partial charge in [0.25, 0.3) is 0 Å². The molecule has 4 nitrogen and oxygen atoms in total. The lowest BCUT2D eigenvalue weighted by molar-refractivity contribution is 0.154. The van der Waals surface area contributed by atoms with Crippen molar-refractivity contribution in [2.45, 2.75) is 27.3 Å². The van der Waals surface area contributed by atoms with Crippen LogP contribution in [0.25, 0.3) is 0 Å². The van der Waals surface area contributed by atoms with Crippen molar-refractivity contribution in [1.29, 1.82) is 0 Å². The maximum atomic E-state index is 6.16. The van der Waals surface area contributed by atoms with E-state index in [1.807, 2.05) is 6.92 Å². The van der Waals surface area contributed by atoms with E-state index in [2.05, 4.69) is 35.1 Å². The molecule has 1 rings (SSSR count). The van der Waals surface area contributed by atoms with Crippen molar-refractivity contribution in [2.75, 3.05) is 37.7 Å². The first-order chi connectivity index (χ1) is 9.22. The van der Waals surface area contributed by atoms with Crippen LogP contribution < -0.4 is 10.2 Å². The molecule has 0 aromatic carbocycles. The Morgan fingerprint density at radius 2 is 2.16 bits per heavy atom. The van der Waals surface area contributed by atoms with Crippen LogP contribution >= 0.6 is 11.6 Å². The number of likely N-dealkylation sites (N-methyl/N-ethyl adjacent to an activating group) is 1. The standard InChI is InChI=1S/C14H24ClN3O/c1-4-16-10-12-9-14(17-11-13(12)15)18(5-2)7-8-19-6-3/h9,11,16H,4-8,10H2,1-3H3. The van der Waals surface area contributed by atoms with Crippen molar-refractivity contribution in [2.24, 2.45) is 0 Å². The highest BCUT2D eigenvalue weighted by Crippen LogP contribution is 2.20. The molecule has 1 aromatic rings. The summed E-state index contributed by atoms with van der Waals surface area (Å²) in [5.41, 5.74) is 1.09. The second-order valence-corrected chi connectivity index (χ2v) is 4.60. The largest absolute Gasteiger partial charge is 0.380 e. The summed E-state index contributed by atoms with van der Waals surface area (Å²) in [4.78, 5) is 6.60. The Balaban J connectivity index is 2.73. The number of anilines is 1. The maximum Gasteiger partial charge on any atom is 0.128 e. The van der Waals surface area contributed by atoms with Crippen LogP contribution in [0.15, 0.2) is 12.3 Å². The smallest absolute Gasteiger partial charge is 0.128 e. The van der Waals surface area contributed by atoms with Gasteiger partial charge in [0, 0.05) is 32.4 Å². The van der Waals surface area contributed by atoms with Crippen molar-refractivity contribution < 1.29 is 4.74 Å². The van der Waals surface area contributed by atoms with E-state index < -0.39 is 0 Å². The summed E-state index contributed by atoms with van der Waals surface area (Å²) in [6.45, 7) is 11.1. The Hall–Kier alpha value is -0.840. The van der Waals surface area contributed by atoms with E-state index in [0.717, 1.165) is 50.8 Å². The minimum absolute atomic E-state index is 0.713. The minimum atomic E-state index is 0.713. The quantitative estimate of drug-likeness (QED) is 0.708. The van der Waals surface area contributed by atoms with Gasteiger partial charge < -0.3 is 15.0 Å². The number of pyridine rings is 1. The topological polar surface area (TPSA) is 37.4 Å². The predicted molar refractivity (Wildman–Crippen MR) is 81.0 cm³/mol. The molecule has 0 aliphatic heterocycles. The number of ether oxygens (including phenoxy) is 1. The fourth-order valence-corrected chi connectivity index (χ4v) is 1.96. The van der Waals surface area contributed by atoms with E-state index in [-0.39, 0.29) is 0 Å². The Morgan fingerprint density at radius 1 is 1.37 bits per heavy atom. The molecule has 0 bridgehead atoms. The van der Waals surface area contributed by atoms with Crippen molar-refractivity contribution in [3.63, 3.8) is 0 Å². The molecule has 0 aliphatic rings. The Morgan fingerprint density at radius 3 is 2.79 bits per heavy atom. The molecule has 0 unspecified atom stereocenters. The van der Waals surface area contributed by atoms with Gasteiger partial charge in [0.05, 0.1) is 11.6 Å². The van der Waals surface area contributed by atoms with Gasteiger partial charge in [-0.25, -0.2) is 4.98 Å². The lowest BCUT2D eigenvalue weighted by Gasteiger charge is -2.22. The minimum Gasteiger partial charge on any atom is -0.380 e. The average Bonchev–Trinajstić information content (AvgIpc) is 2.43. The second-order valence-electron chi connectivity index (χ2n) is 4.19. The number of nitrogens with one attached hydrogen (secondary N) is 1. The summed E-state index contributed by atoms with van der Waals surface area (Å²) < 4.78 is 5.40. The monoisotopic (exact) mass is 285 g/mol. The van der Waals surface area contributed by atoms with Crippen LogP contribution in [-0.4, -0.2) is 37.8 Å². The van der Waals surface area contributed by atoms with Gasteiger partial charge in [0.15, 0.2) is 0 Å². The summed E-state index contributed by atoms with van der Waals surface area (Å²) in [6, 6.07) is 2.06. The zero-order valence-electron chi connectivity index (χ0n) is 12.1. The van der Waals surface area contributed by atoms with Gasteiger partial charge in [-0.2, -0.15) is 0 Å². The van der Waals surface area contributed by atoms with Gasteiger partial charge in [-0.1, -0.05) is 18.5 Å². The van der Waals surface area contributed by atoms with Gasteiger partial charge in [-0.05, 0) is 32.0 Å². The van der Waals surface area contributed by atoms with Crippen molar-refractivity contribution in [3.05, 3.63) is 22.8 Å².